The largest absolute Gasteiger partial charge is 0.486 e. The molecule has 1 N–H and O–H groups in total. The summed E-state index contributed by atoms with van der Waals surface area (Å²) in [7, 11) is 0. The Hall–Kier alpha value is -2.83. The predicted octanol–water partition coefficient (Wildman–Crippen LogP) is 2.97. The van der Waals surface area contributed by atoms with E-state index in [1.807, 2.05) is 17.6 Å². The van der Waals surface area contributed by atoms with Gasteiger partial charge in [0.1, 0.15) is 19.0 Å². The smallest absolute Gasteiger partial charge is 0.204 e. The van der Waals surface area contributed by atoms with Gasteiger partial charge in [-0.3, -0.25) is 4.98 Å². The molecule has 0 unspecified atom stereocenters. The molecule has 0 spiro atoms. The Balaban J connectivity index is 1.58. The predicted molar refractivity (Wildman–Crippen MR) is 87.9 cm³/mol. The van der Waals surface area contributed by atoms with Crippen LogP contribution in [0, 0.1) is 5.82 Å². The number of nitrogens with one attached hydrogen (secondary N) is 1. The lowest BCUT2D eigenvalue weighted by Crippen LogP contribution is -2.16. The number of fused-ring (bicyclic) bond motifs is 2. The lowest BCUT2D eigenvalue weighted by atomic mass is 10.3. The van der Waals surface area contributed by atoms with Crippen molar-refractivity contribution in [2.75, 3.05) is 18.5 Å². The van der Waals surface area contributed by atoms with Crippen LogP contribution in [0.15, 0.2) is 30.5 Å². The third-order valence-electron chi connectivity index (χ3n) is 3.94. The number of aromatic nitrogens is 3. The lowest BCUT2D eigenvalue weighted by molar-refractivity contribution is 0.170. The quantitative estimate of drug-likeness (QED) is 0.798. The molecule has 3 aromatic rings. The van der Waals surface area contributed by atoms with Crippen molar-refractivity contribution in [2.45, 2.75) is 20.0 Å². The third kappa shape index (κ3) is 2.62. The van der Waals surface area contributed by atoms with Crippen molar-refractivity contribution in [3.63, 3.8) is 0 Å². The first-order valence-electron chi connectivity index (χ1n) is 7.89. The fourth-order valence-electron chi connectivity index (χ4n) is 2.81. The minimum Gasteiger partial charge on any atom is -0.486 e. The van der Waals surface area contributed by atoms with Crippen LogP contribution in [0.2, 0.25) is 0 Å². The second kappa shape index (κ2) is 5.99. The molecule has 24 heavy (non-hydrogen) atoms. The molecule has 3 heterocycles. The first-order chi connectivity index (χ1) is 11.7. The lowest BCUT2D eigenvalue weighted by Gasteiger charge is -2.18. The number of ether oxygens (including phenoxy) is 2. The summed E-state index contributed by atoms with van der Waals surface area (Å²) >= 11 is 0. The number of hydrogen-bond donors (Lipinski definition) is 1. The molecular formula is C17H17FN4O2. The number of benzene rings is 1. The van der Waals surface area contributed by atoms with Gasteiger partial charge in [-0.05, 0) is 19.1 Å². The molecule has 0 fully saturated rings. The van der Waals surface area contributed by atoms with Crippen molar-refractivity contribution in [2.24, 2.45) is 0 Å². The molecule has 0 aliphatic carbocycles. The van der Waals surface area contributed by atoms with Gasteiger partial charge < -0.3 is 19.4 Å². The average Bonchev–Trinajstić information content (AvgIpc) is 2.96. The Morgan fingerprint density at radius 3 is 2.88 bits per heavy atom. The van der Waals surface area contributed by atoms with Gasteiger partial charge in [0.2, 0.25) is 5.95 Å². The Morgan fingerprint density at radius 1 is 1.21 bits per heavy atom. The summed E-state index contributed by atoms with van der Waals surface area (Å²) < 4.78 is 26.4. The Bertz CT molecular complexity index is 894. The van der Waals surface area contributed by atoms with E-state index in [-0.39, 0.29) is 5.82 Å². The second-order valence-electron chi connectivity index (χ2n) is 5.49. The summed E-state index contributed by atoms with van der Waals surface area (Å²) in [6.07, 6.45) is 1.67. The highest BCUT2D eigenvalue weighted by Gasteiger charge is 2.14. The van der Waals surface area contributed by atoms with E-state index < -0.39 is 0 Å². The number of halogens is 1. The maximum absolute atomic E-state index is 13.4. The normalized spacial score (nSPS) is 13.2. The first kappa shape index (κ1) is 14.7. The van der Waals surface area contributed by atoms with Crippen molar-refractivity contribution < 1.29 is 13.9 Å². The molecule has 1 aromatic carbocycles. The first-order valence-corrected chi connectivity index (χ1v) is 7.89. The summed E-state index contributed by atoms with van der Waals surface area (Å²) in [4.78, 5) is 8.84. The SMILES string of the molecule is CCn1c(NCc2cc3c(cn2)OCCO3)nc2cc(F)ccc21. The third-order valence-corrected chi connectivity index (χ3v) is 3.94. The molecule has 1 aliphatic rings. The number of imidazole rings is 1. The van der Waals surface area contributed by atoms with Crippen molar-refractivity contribution in [1.29, 1.82) is 0 Å². The molecule has 0 atom stereocenters. The molecule has 0 amide bonds. The Labute approximate surface area is 138 Å². The van der Waals surface area contributed by atoms with E-state index in [2.05, 4.69) is 15.3 Å². The average molecular weight is 328 g/mol. The fourth-order valence-corrected chi connectivity index (χ4v) is 2.81. The molecule has 0 saturated carbocycles. The van der Waals surface area contributed by atoms with E-state index in [0.717, 1.165) is 17.8 Å². The maximum Gasteiger partial charge on any atom is 0.204 e. The molecule has 6 nitrogen and oxygen atoms in total. The highest BCUT2D eigenvalue weighted by Crippen LogP contribution is 2.29. The van der Waals surface area contributed by atoms with Gasteiger partial charge in [-0.25, -0.2) is 9.37 Å². The minimum absolute atomic E-state index is 0.289. The summed E-state index contributed by atoms with van der Waals surface area (Å²) in [5.41, 5.74) is 2.35. The van der Waals surface area contributed by atoms with Crippen molar-refractivity contribution in [3.8, 4) is 11.5 Å². The number of aryl methyl sites for hydroxylation is 1. The van der Waals surface area contributed by atoms with Crippen LogP contribution >= 0.6 is 0 Å². The molecule has 2 aromatic heterocycles. The van der Waals surface area contributed by atoms with Gasteiger partial charge in [0.05, 0.1) is 29.5 Å². The molecule has 0 bridgehead atoms. The number of rotatable bonds is 4. The van der Waals surface area contributed by atoms with E-state index in [0.29, 0.717) is 42.7 Å². The van der Waals surface area contributed by atoms with Crippen LogP contribution in [0.25, 0.3) is 11.0 Å². The van der Waals surface area contributed by atoms with Crippen molar-refractivity contribution in [3.05, 3.63) is 42.0 Å². The minimum atomic E-state index is -0.289. The van der Waals surface area contributed by atoms with Gasteiger partial charge in [0, 0.05) is 18.7 Å². The summed E-state index contributed by atoms with van der Waals surface area (Å²) in [5, 5.41) is 3.27. The standard InChI is InChI=1S/C17H17FN4O2/c1-2-22-14-4-3-11(18)7-13(14)21-17(22)20-9-12-8-15-16(10-19-12)24-6-5-23-15/h3-4,7-8,10H,2,5-6,9H2,1H3,(H,20,21). The van der Waals surface area contributed by atoms with Crippen molar-refractivity contribution >= 4 is 17.0 Å². The highest BCUT2D eigenvalue weighted by atomic mass is 19.1. The molecule has 124 valence electrons. The van der Waals surface area contributed by atoms with Gasteiger partial charge >= 0.3 is 0 Å². The maximum atomic E-state index is 13.4. The Kier molecular flexibility index (Phi) is 3.68. The van der Waals surface area contributed by atoms with Crippen LogP contribution in [-0.2, 0) is 13.1 Å². The molecule has 1 aliphatic heterocycles. The molecular weight excluding hydrogens is 311 g/mol. The van der Waals surface area contributed by atoms with Crippen molar-refractivity contribution in [1.82, 2.24) is 14.5 Å². The zero-order valence-corrected chi connectivity index (χ0v) is 13.3. The summed E-state index contributed by atoms with van der Waals surface area (Å²) in [6.45, 7) is 4.34. The molecule has 4 rings (SSSR count). The molecule has 0 saturated heterocycles. The van der Waals surface area contributed by atoms with Gasteiger partial charge in [0.15, 0.2) is 11.5 Å². The number of pyridine rings is 1. The van der Waals surface area contributed by atoms with Gasteiger partial charge in [-0.15, -0.1) is 0 Å². The zero-order chi connectivity index (χ0) is 16.5. The van der Waals surface area contributed by atoms with Crippen LogP contribution in [0.3, 0.4) is 0 Å². The van der Waals surface area contributed by atoms with E-state index >= 15 is 0 Å². The number of hydrogen-bond acceptors (Lipinski definition) is 5. The molecule has 7 heteroatoms. The van der Waals surface area contributed by atoms with E-state index in [1.165, 1.54) is 12.1 Å². The van der Waals surface area contributed by atoms with Gasteiger partial charge in [-0.2, -0.15) is 0 Å². The number of anilines is 1. The van der Waals surface area contributed by atoms with E-state index in [1.54, 1.807) is 12.3 Å². The monoisotopic (exact) mass is 328 g/mol. The van der Waals surface area contributed by atoms with Crippen LogP contribution < -0.4 is 14.8 Å². The zero-order valence-electron chi connectivity index (χ0n) is 13.3. The summed E-state index contributed by atoms with van der Waals surface area (Å²) in [6, 6.07) is 6.49. The van der Waals surface area contributed by atoms with Gasteiger partial charge in [0.25, 0.3) is 0 Å². The highest BCUT2D eigenvalue weighted by molar-refractivity contribution is 5.78. The van der Waals surface area contributed by atoms with Crippen LogP contribution in [-0.4, -0.2) is 27.7 Å². The van der Waals surface area contributed by atoms with E-state index in [9.17, 15) is 4.39 Å². The topological polar surface area (TPSA) is 61.2 Å². The van der Waals surface area contributed by atoms with Crippen LogP contribution in [0.1, 0.15) is 12.6 Å². The van der Waals surface area contributed by atoms with Crippen LogP contribution in [0.5, 0.6) is 11.5 Å². The molecule has 0 radical (unpaired) electrons. The second-order valence-corrected chi connectivity index (χ2v) is 5.49. The van der Waals surface area contributed by atoms with Crippen LogP contribution in [0.4, 0.5) is 10.3 Å². The van der Waals surface area contributed by atoms with E-state index in [4.69, 9.17) is 9.47 Å². The number of nitrogens with zero attached hydrogens (tertiary/aromatic N) is 3. The fraction of sp³-hybridized carbons (Fsp3) is 0.294. The Morgan fingerprint density at radius 2 is 2.04 bits per heavy atom. The summed E-state index contributed by atoms with van der Waals surface area (Å²) in [5.74, 6) is 1.78. The van der Waals surface area contributed by atoms with Gasteiger partial charge in [-0.1, -0.05) is 0 Å².